The van der Waals surface area contributed by atoms with Crippen molar-refractivity contribution < 1.29 is 9.90 Å². The quantitative estimate of drug-likeness (QED) is 0.308. The van der Waals surface area contributed by atoms with E-state index >= 15 is 0 Å². The molecular weight excluding hydrogens is 426 g/mol. The first-order chi connectivity index (χ1) is 15.0. The topological polar surface area (TPSA) is 75.1 Å². The van der Waals surface area contributed by atoms with Crippen molar-refractivity contribution in [1.29, 1.82) is 0 Å². The third-order valence-corrected chi connectivity index (χ3v) is 7.30. The Labute approximate surface area is 189 Å². The second-order valence-electron chi connectivity index (χ2n) is 7.06. The molecule has 0 aliphatic heterocycles. The first kappa shape index (κ1) is 21.3. The van der Waals surface area contributed by atoms with Gasteiger partial charge in [-0.25, -0.2) is 14.8 Å². The highest BCUT2D eigenvalue weighted by Crippen LogP contribution is 2.33. The molecule has 31 heavy (non-hydrogen) atoms. The van der Waals surface area contributed by atoms with E-state index in [0.717, 1.165) is 57.1 Å². The maximum atomic E-state index is 11.2. The van der Waals surface area contributed by atoms with Crippen molar-refractivity contribution in [2.24, 2.45) is 0 Å². The fourth-order valence-electron chi connectivity index (χ4n) is 3.55. The Balaban J connectivity index is 1.74. The lowest BCUT2D eigenvalue weighted by atomic mass is 10.1. The molecule has 4 aromatic rings. The minimum absolute atomic E-state index is 0.287. The van der Waals surface area contributed by atoms with Crippen LogP contribution in [0.2, 0.25) is 0 Å². The van der Waals surface area contributed by atoms with Crippen molar-refractivity contribution >= 4 is 51.3 Å². The number of aryl methyl sites for hydroxylation is 1. The predicted molar refractivity (Wildman–Crippen MR) is 130 cm³/mol. The molecule has 0 unspecified atom stereocenters. The number of carboxylic acids is 1. The summed E-state index contributed by atoms with van der Waals surface area (Å²) in [4.78, 5) is 22.0. The Morgan fingerprint density at radius 3 is 2.48 bits per heavy atom. The second-order valence-corrected chi connectivity index (χ2v) is 9.25. The van der Waals surface area contributed by atoms with Crippen LogP contribution in [0.15, 0.2) is 52.7 Å². The minimum Gasteiger partial charge on any atom is -0.478 e. The number of anilines is 2. The predicted octanol–water partition coefficient (Wildman–Crippen LogP) is 6.65. The summed E-state index contributed by atoms with van der Waals surface area (Å²) in [7, 11) is 0. The van der Waals surface area contributed by atoms with Crippen molar-refractivity contribution in [3.8, 4) is 10.7 Å². The van der Waals surface area contributed by atoms with Crippen molar-refractivity contribution in [2.75, 3.05) is 11.6 Å². The Morgan fingerprint density at radius 2 is 1.81 bits per heavy atom. The molecule has 0 saturated carbocycles. The van der Waals surface area contributed by atoms with E-state index in [1.165, 1.54) is 4.21 Å². The highest BCUT2D eigenvalue weighted by atomic mass is 32.2. The average Bonchev–Trinajstić information content (AvgIpc) is 3.27. The third-order valence-electron chi connectivity index (χ3n) is 5.13. The summed E-state index contributed by atoms with van der Waals surface area (Å²) in [6, 6.07) is 15.3. The molecule has 2 N–H and O–H groups in total. The minimum atomic E-state index is -0.921. The van der Waals surface area contributed by atoms with E-state index in [-0.39, 0.29) is 5.56 Å². The maximum absolute atomic E-state index is 11.2. The zero-order valence-corrected chi connectivity index (χ0v) is 19.2. The van der Waals surface area contributed by atoms with Crippen LogP contribution in [0, 0.1) is 0 Å². The largest absolute Gasteiger partial charge is 0.478 e. The zero-order valence-electron chi connectivity index (χ0n) is 17.6. The molecule has 0 spiro atoms. The lowest BCUT2D eigenvalue weighted by Gasteiger charge is -2.15. The number of aromatic carboxylic acids is 1. The van der Waals surface area contributed by atoms with Crippen molar-refractivity contribution in [3.63, 3.8) is 0 Å². The summed E-state index contributed by atoms with van der Waals surface area (Å²) >= 11 is 3.42. The molecule has 4 rings (SSSR count). The molecule has 2 aromatic carbocycles. The molecule has 0 fully saturated rings. The number of thiophene rings is 1. The molecule has 0 atom stereocenters. The van der Waals surface area contributed by atoms with Gasteiger partial charge >= 0.3 is 5.97 Å². The van der Waals surface area contributed by atoms with Gasteiger partial charge in [-0.05, 0) is 66.3 Å². The summed E-state index contributed by atoms with van der Waals surface area (Å²) < 4.78 is 1.24. The van der Waals surface area contributed by atoms with E-state index < -0.39 is 5.97 Å². The lowest BCUT2D eigenvalue weighted by Crippen LogP contribution is -2.06. The van der Waals surface area contributed by atoms with Crippen LogP contribution in [-0.2, 0) is 12.8 Å². The number of thioether (sulfide) groups is 1. The van der Waals surface area contributed by atoms with Crippen LogP contribution in [0.4, 0.5) is 11.5 Å². The highest BCUT2D eigenvalue weighted by molar-refractivity contribution is 8.00. The normalized spacial score (nSPS) is 11.1. The van der Waals surface area contributed by atoms with E-state index in [1.54, 1.807) is 35.2 Å². The molecule has 158 valence electrons. The Morgan fingerprint density at radius 1 is 1.03 bits per heavy atom. The van der Waals surface area contributed by atoms with Crippen LogP contribution in [-0.4, -0.2) is 27.3 Å². The molecular formula is C24H23N3O2S2. The van der Waals surface area contributed by atoms with Gasteiger partial charge in [0, 0.05) is 16.9 Å². The molecule has 0 bridgehead atoms. The number of hydrogen-bond donors (Lipinski definition) is 2. The number of nitrogens with zero attached hydrogens (tertiary/aromatic N) is 2. The smallest absolute Gasteiger partial charge is 0.335 e. The van der Waals surface area contributed by atoms with Gasteiger partial charge in [0.25, 0.3) is 0 Å². The number of fused-ring (bicyclic) bond motifs is 1. The average molecular weight is 450 g/mol. The Kier molecular flexibility index (Phi) is 6.25. The molecule has 2 heterocycles. The number of carbonyl (C=O) groups is 1. The second kappa shape index (κ2) is 9.08. The van der Waals surface area contributed by atoms with Crippen LogP contribution in [0.25, 0.3) is 21.5 Å². The van der Waals surface area contributed by atoms with Crippen LogP contribution >= 0.6 is 23.1 Å². The molecule has 0 radical (unpaired) electrons. The van der Waals surface area contributed by atoms with Crippen molar-refractivity contribution in [1.82, 2.24) is 9.97 Å². The molecule has 0 aliphatic rings. The standard InChI is InChI=1S/C24H23N3O2S2/c1-4-18-19(5-2)26-23(20-10-11-21(30-3)31-20)27-22(18)25-17-9-8-14-12-16(24(28)29)7-6-15(14)13-17/h6-13H,4-5H2,1-3H3,(H,28,29)(H,25,26,27). The highest BCUT2D eigenvalue weighted by Gasteiger charge is 2.15. The van der Waals surface area contributed by atoms with E-state index in [2.05, 4.69) is 37.6 Å². The van der Waals surface area contributed by atoms with Crippen LogP contribution in [0.1, 0.15) is 35.5 Å². The van der Waals surface area contributed by atoms with Gasteiger partial charge in [0.15, 0.2) is 5.82 Å². The Bertz CT molecular complexity index is 1270. The summed E-state index contributed by atoms with van der Waals surface area (Å²) in [5.41, 5.74) is 3.37. The molecule has 7 heteroatoms. The number of nitrogens with one attached hydrogen (secondary N) is 1. The van der Waals surface area contributed by atoms with Crippen LogP contribution in [0.3, 0.4) is 0 Å². The summed E-state index contributed by atoms with van der Waals surface area (Å²) in [5, 5.41) is 14.6. The lowest BCUT2D eigenvalue weighted by molar-refractivity contribution is 0.0697. The fraction of sp³-hybridized carbons (Fsp3) is 0.208. The SMILES string of the molecule is CCc1nc(-c2ccc(SC)s2)nc(Nc2ccc3cc(C(=O)O)ccc3c2)c1CC. The third kappa shape index (κ3) is 4.43. The van der Waals surface area contributed by atoms with Crippen molar-refractivity contribution in [2.45, 2.75) is 30.9 Å². The Hall–Kier alpha value is -2.90. The monoisotopic (exact) mass is 449 g/mol. The summed E-state index contributed by atoms with van der Waals surface area (Å²) in [5.74, 6) is 0.647. The van der Waals surface area contributed by atoms with Crippen molar-refractivity contribution in [3.05, 3.63) is 65.4 Å². The zero-order chi connectivity index (χ0) is 22.0. The number of carboxylic acid groups (broad SMARTS) is 1. The van der Waals surface area contributed by atoms with E-state index in [0.29, 0.717) is 0 Å². The van der Waals surface area contributed by atoms with Gasteiger partial charge in [0.1, 0.15) is 5.82 Å². The summed E-state index contributed by atoms with van der Waals surface area (Å²) in [6.07, 6.45) is 3.74. The van der Waals surface area contributed by atoms with Crippen LogP contribution in [0.5, 0.6) is 0 Å². The molecule has 0 saturated heterocycles. The van der Waals surface area contributed by atoms with Gasteiger partial charge in [-0.3, -0.25) is 0 Å². The van der Waals surface area contributed by atoms with E-state index in [1.807, 2.05) is 24.3 Å². The number of rotatable bonds is 7. The number of hydrogen-bond acceptors (Lipinski definition) is 6. The van der Waals surface area contributed by atoms with Gasteiger partial charge in [-0.2, -0.15) is 0 Å². The molecule has 2 aromatic heterocycles. The first-order valence-corrected chi connectivity index (χ1v) is 12.1. The molecule has 0 aliphatic carbocycles. The van der Waals surface area contributed by atoms with Gasteiger partial charge in [0.2, 0.25) is 0 Å². The molecule has 5 nitrogen and oxygen atoms in total. The van der Waals surface area contributed by atoms with E-state index in [9.17, 15) is 9.90 Å². The van der Waals surface area contributed by atoms with Gasteiger partial charge in [-0.1, -0.05) is 26.0 Å². The van der Waals surface area contributed by atoms with E-state index in [4.69, 9.17) is 9.97 Å². The molecule has 0 amide bonds. The first-order valence-electron chi connectivity index (χ1n) is 10.1. The summed E-state index contributed by atoms with van der Waals surface area (Å²) in [6.45, 7) is 4.24. The maximum Gasteiger partial charge on any atom is 0.335 e. The fourth-order valence-corrected chi connectivity index (χ4v) is 5.03. The van der Waals surface area contributed by atoms with Gasteiger partial charge in [0.05, 0.1) is 14.6 Å². The number of aromatic nitrogens is 2. The van der Waals surface area contributed by atoms with Crippen LogP contribution < -0.4 is 5.32 Å². The van der Waals surface area contributed by atoms with Gasteiger partial charge in [-0.15, -0.1) is 23.1 Å². The van der Waals surface area contributed by atoms with Gasteiger partial charge < -0.3 is 10.4 Å². The number of benzene rings is 2.